The van der Waals surface area contributed by atoms with Gasteiger partial charge >= 0.3 is 0 Å². The van der Waals surface area contributed by atoms with E-state index in [1.54, 1.807) is 4.31 Å². The van der Waals surface area contributed by atoms with E-state index < -0.39 is 10.2 Å². The molecule has 1 atom stereocenters. The highest BCUT2D eigenvalue weighted by atomic mass is 79.9. The molecule has 0 spiro atoms. The Labute approximate surface area is 129 Å². The van der Waals surface area contributed by atoms with Crippen molar-refractivity contribution in [2.24, 2.45) is 0 Å². The minimum atomic E-state index is -3.38. The van der Waals surface area contributed by atoms with Crippen molar-refractivity contribution in [2.75, 3.05) is 6.54 Å². The Morgan fingerprint density at radius 2 is 2.10 bits per heavy atom. The molecule has 1 aromatic rings. The monoisotopic (exact) mass is 360 g/mol. The van der Waals surface area contributed by atoms with E-state index in [9.17, 15) is 8.42 Å². The molecule has 112 valence electrons. The van der Waals surface area contributed by atoms with Crippen LogP contribution in [0.3, 0.4) is 0 Å². The standard InChI is InChI=1S/C14H21BrN2O2S/c1-12-5-2-3-8-17(12)20(18,19)16-11-14-7-4-6-13(9-14)10-15/h4,6-7,9,12,16H,2-3,5,8,10-11H2,1H3. The molecule has 20 heavy (non-hydrogen) atoms. The summed E-state index contributed by atoms with van der Waals surface area (Å²) in [7, 11) is -3.38. The molecule has 1 aliphatic rings. The van der Waals surface area contributed by atoms with Gasteiger partial charge in [-0.15, -0.1) is 0 Å². The first-order valence-corrected chi connectivity index (χ1v) is 9.49. The zero-order valence-electron chi connectivity index (χ0n) is 11.7. The third-order valence-electron chi connectivity index (χ3n) is 3.66. The second-order valence-electron chi connectivity index (χ2n) is 5.24. The largest absolute Gasteiger partial charge is 0.279 e. The van der Waals surface area contributed by atoms with E-state index in [4.69, 9.17) is 0 Å². The van der Waals surface area contributed by atoms with Crippen LogP contribution in [0.5, 0.6) is 0 Å². The Morgan fingerprint density at radius 1 is 1.35 bits per heavy atom. The zero-order valence-corrected chi connectivity index (χ0v) is 14.1. The number of alkyl halides is 1. The highest BCUT2D eigenvalue weighted by Gasteiger charge is 2.28. The predicted molar refractivity (Wildman–Crippen MR) is 84.9 cm³/mol. The maximum absolute atomic E-state index is 12.3. The summed E-state index contributed by atoms with van der Waals surface area (Å²) in [5, 5.41) is 0.775. The first kappa shape index (κ1) is 15.9. The fraction of sp³-hybridized carbons (Fsp3) is 0.571. The molecule has 1 heterocycles. The molecule has 0 bridgehead atoms. The minimum Gasteiger partial charge on any atom is -0.198 e. The van der Waals surface area contributed by atoms with Crippen molar-refractivity contribution in [1.82, 2.24) is 9.03 Å². The van der Waals surface area contributed by atoms with Crippen LogP contribution in [0.25, 0.3) is 0 Å². The van der Waals surface area contributed by atoms with E-state index in [1.807, 2.05) is 31.2 Å². The zero-order chi connectivity index (χ0) is 14.6. The Bertz CT molecular complexity index is 548. The summed E-state index contributed by atoms with van der Waals surface area (Å²) >= 11 is 3.41. The summed E-state index contributed by atoms with van der Waals surface area (Å²) in [4.78, 5) is 0. The number of nitrogens with zero attached hydrogens (tertiary/aromatic N) is 1. The first-order chi connectivity index (χ1) is 9.53. The van der Waals surface area contributed by atoms with Crippen molar-refractivity contribution in [3.8, 4) is 0 Å². The van der Waals surface area contributed by atoms with E-state index in [0.717, 1.165) is 35.7 Å². The summed E-state index contributed by atoms with van der Waals surface area (Å²) in [6.45, 7) is 2.94. The molecular weight excluding hydrogens is 340 g/mol. The third-order valence-corrected chi connectivity index (χ3v) is 5.97. The maximum atomic E-state index is 12.3. The van der Waals surface area contributed by atoms with Crippen LogP contribution in [0.4, 0.5) is 0 Å². The van der Waals surface area contributed by atoms with Gasteiger partial charge in [0.15, 0.2) is 0 Å². The van der Waals surface area contributed by atoms with Gasteiger partial charge in [0.05, 0.1) is 0 Å². The minimum absolute atomic E-state index is 0.0927. The van der Waals surface area contributed by atoms with Crippen LogP contribution in [0.15, 0.2) is 24.3 Å². The molecule has 6 heteroatoms. The molecule has 0 saturated carbocycles. The van der Waals surface area contributed by atoms with Crippen LogP contribution in [0.1, 0.15) is 37.3 Å². The number of piperidine rings is 1. The van der Waals surface area contributed by atoms with Gasteiger partial charge in [0, 0.05) is 24.5 Å². The van der Waals surface area contributed by atoms with E-state index in [2.05, 4.69) is 20.7 Å². The molecule has 1 N–H and O–H groups in total. The Morgan fingerprint density at radius 3 is 2.80 bits per heavy atom. The lowest BCUT2D eigenvalue weighted by atomic mass is 10.1. The van der Waals surface area contributed by atoms with Gasteiger partial charge in [-0.2, -0.15) is 17.4 Å². The average molecular weight is 361 g/mol. The molecule has 1 aliphatic heterocycles. The molecule has 0 radical (unpaired) electrons. The van der Waals surface area contributed by atoms with Crippen LogP contribution in [0, 0.1) is 0 Å². The number of nitrogens with one attached hydrogen (secondary N) is 1. The fourth-order valence-electron chi connectivity index (χ4n) is 2.51. The number of benzene rings is 1. The van der Waals surface area contributed by atoms with Crippen molar-refractivity contribution >= 4 is 26.1 Å². The van der Waals surface area contributed by atoms with E-state index in [-0.39, 0.29) is 6.04 Å². The van der Waals surface area contributed by atoms with Gasteiger partial charge in [0.1, 0.15) is 0 Å². The van der Waals surface area contributed by atoms with E-state index in [1.165, 1.54) is 0 Å². The molecule has 1 fully saturated rings. The average Bonchev–Trinajstić information content (AvgIpc) is 2.46. The Kier molecular flexibility index (Phi) is 5.60. The maximum Gasteiger partial charge on any atom is 0.279 e. The highest BCUT2D eigenvalue weighted by Crippen LogP contribution is 2.19. The molecule has 2 rings (SSSR count). The van der Waals surface area contributed by atoms with Gasteiger partial charge in [-0.25, -0.2) is 0 Å². The summed E-state index contributed by atoms with van der Waals surface area (Å²) in [5.74, 6) is 0. The topological polar surface area (TPSA) is 49.4 Å². The van der Waals surface area contributed by atoms with Crippen LogP contribution < -0.4 is 4.72 Å². The molecule has 0 amide bonds. The molecule has 1 saturated heterocycles. The predicted octanol–water partition coefficient (Wildman–Crippen LogP) is 2.79. The fourth-order valence-corrected chi connectivity index (χ4v) is 4.32. The van der Waals surface area contributed by atoms with Crippen molar-refractivity contribution in [3.05, 3.63) is 35.4 Å². The van der Waals surface area contributed by atoms with Gasteiger partial charge in [-0.3, -0.25) is 0 Å². The summed E-state index contributed by atoms with van der Waals surface area (Å²) in [6, 6.07) is 8.00. The molecule has 1 unspecified atom stereocenters. The first-order valence-electron chi connectivity index (χ1n) is 6.93. The van der Waals surface area contributed by atoms with Crippen molar-refractivity contribution in [1.29, 1.82) is 0 Å². The second kappa shape index (κ2) is 7.02. The smallest absolute Gasteiger partial charge is 0.198 e. The Balaban J connectivity index is 2.01. The van der Waals surface area contributed by atoms with Crippen molar-refractivity contribution in [2.45, 2.75) is 44.1 Å². The lowest BCUT2D eigenvalue weighted by Gasteiger charge is -2.32. The van der Waals surface area contributed by atoms with E-state index in [0.29, 0.717) is 13.1 Å². The van der Waals surface area contributed by atoms with Gasteiger partial charge in [0.25, 0.3) is 10.2 Å². The summed E-state index contributed by atoms with van der Waals surface area (Å²) in [5.41, 5.74) is 2.13. The number of halogens is 1. The SMILES string of the molecule is CC1CCCCN1S(=O)(=O)NCc1cccc(CBr)c1. The lowest BCUT2D eigenvalue weighted by Crippen LogP contribution is -2.47. The third kappa shape index (κ3) is 4.04. The highest BCUT2D eigenvalue weighted by molar-refractivity contribution is 9.08. The normalized spacial score (nSPS) is 21.0. The summed E-state index contributed by atoms with van der Waals surface area (Å²) in [6.07, 6.45) is 3.00. The van der Waals surface area contributed by atoms with Gasteiger partial charge in [-0.1, -0.05) is 46.6 Å². The van der Waals surface area contributed by atoms with Crippen molar-refractivity contribution < 1.29 is 8.42 Å². The Hall–Kier alpha value is -0.430. The molecule has 0 aliphatic carbocycles. The lowest BCUT2D eigenvalue weighted by molar-refractivity contribution is 0.265. The van der Waals surface area contributed by atoms with Gasteiger partial charge in [0.2, 0.25) is 0 Å². The van der Waals surface area contributed by atoms with E-state index >= 15 is 0 Å². The van der Waals surface area contributed by atoms with Crippen LogP contribution in [0.2, 0.25) is 0 Å². The quantitative estimate of drug-likeness (QED) is 0.820. The van der Waals surface area contributed by atoms with Crippen molar-refractivity contribution in [3.63, 3.8) is 0 Å². The van der Waals surface area contributed by atoms with Crippen LogP contribution in [-0.4, -0.2) is 25.3 Å². The van der Waals surface area contributed by atoms with Gasteiger partial charge in [-0.05, 0) is 30.9 Å². The van der Waals surface area contributed by atoms with Gasteiger partial charge < -0.3 is 0 Å². The number of rotatable bonds is 5. The molecule has 4 nitrogen and oxygen atoms in total. The molecular formula is C14H21BrN2O2S. The molecule has 0 aromatic heterocycles. The number of hydrogen-bond acceptors (Lipinski definition) is 2. The summed E-state index contributed by atoms with van der Waals surface area (Å²) < 4.78 is 29.0. The number of hydrogen-bond donors (Lipinski definition) is 1. The second-order valence-corrected chi connectivity index (χ2v) is 7.50. The van der Waals surface area contributed by atoms with Crippen LogP contribution >= 0.6 is 15.9 Å². The van der Waals surface area contributed by atoms with Crippen LogP contribution in [-0.2, 0) is 22.1 Å². The molecule has 1 aromatic carbocycles.